The summed E-state index contributed by atoms with van der Waals surface area (Å²) >= 11 is 1.09. The van der Waals surface area contributed by atoms with Crippen LogP contribution in [0.4, 0.5) is 4.39 Å². The fraction of sp³-hybridized carbons (Fsp3) is 0.450. The van der Waals surface area contributed by atoms with Gasteiger partial charge in [-0.05, 0) is 51.0 Å². The van der Waals surface area contributed by atoms with Gasteiger partial charge in [-0.1, -0.05) is 11.3 Å². The number of benzene rings is 1. The van der Waals surface area contributed by atoms with E-state index in [2.05, 4.69) is 4.99 Å². The second kappa shape index (κ2) is 9.41. The summed E-state index contributed by atoms with van der Waals surface area (Å²) in [5.41, 5.74) is 0.662. The number of carbonyl (C=O) groups is 2. The minimum absolute atomic E-state index is 0.0240. The number of thiazole rings is 1. The zero-order chi connectivity index (χ0) is 22.8. The molecule has 0 N–H and O–H groups in total. The SMILES string of the molecule is CCOC(=O)c1sc(=NC(=O)C2CCN(S(=O)(=O)c3ccc(F)cc3)CC2)n(C)c1C. The molecule has 168 valence electrons. The maximum Gasteiger partial charge on any atom is 0.350 e. The summed E-state index contributed by atoms with van der Waals surface area (Å²) in [6.45, 7) is 4.08. The molecule has 1 aliphatic rings. The van der Waals surface area contributed by atoms with E-state index in [9.17, 15) is 22.4 Å². The number of nitrogens with zero attached hydrogens (tertiary/aromatic N) is 3. The molecule has 0 spiro atoms. The first kappa shape index (κ1) is 23.3. The van der Waals surface area contributed by atoms with Crippen molar-refractivity contribution in [3.63, 3.8) is 0 Å². The van der Waals surface area contributed by atoms with Gasteiger partial charge in [-0.2, -0.15) is 9.30 Å². The van der Waals surface area contributed by atoms with Gasteiger partial charge in [0.05, 0.1) is 11.5 Å². The van der Waals surface area contributed by atoms with Gasteiger partial charge in [0.15, 0.2) is 4.80 Å². The number of esters is 1. The number of sulfonamides is 1. The fourth-order valence-electron chi connectivity index (χ4n) is 3.30. The number of carbonyl (C=O) groups excluding carboxylic acids is 2. The van der Waals surface area contributed by atoms with Crippen molar-refractivity contribution in [2.24, 2.45) is 18.0 Å². The molecule has 0 bridgehead atoms. The summed E-state index contributed by atoms with van der Waals surface area (Å²) in [4.78, 5) is 29.8. The lowest BCUT2D eigenvalue weighted by molar-refractivity contribution is -0.122. The van der Waals surface area contributed by atoms with Crippen LogP contribution >= 0.6 is 11.3 Å². The van der Waals surface area contributed by atoms with Gasteiger partial charge >= 0.3 is 5.97 Å². The van der Waals surface area contributed by atoms with E-state index < -0.39 is 27.7 Å². The van der Waals surface area contributed by atoms with E-state index in [0.29, 0.717) is 28.2 Å². The lowest BCUT2D eigenvalue weighted by Crippen LogP contribution is -2.40. The smallest absolute Gasteiger partial charge is 0.350 e. The molecule has 11 heteroatoms. The van der Waals surface area contributed by atoms with Crippen LogP contribution in [-0.4, -0.2) is 48.9 Å². The maximum absolute atomic E-state index is 13.1. The molecule has 1 fully saturated rings. The minimum atomic E-state index is -3.74. The Morgan fingerprint density at radius 2 is 1.84 bits per heavy atom. The molecule has 31 heavy (non-hydrogen) atoms. The van der Waals surface area contributed by atoms with Gasteiger partial charge in [-0.3, -0.25) is 4.79 Å². The Bertz CT molecular complexity index is 1140. The number of hydrogen-bond acceptors (Lipinski definition) is 6. The van der Waals surface area contributed by atoms with Gasteiger partial charge in [-0.15, -0.1) is 0 Å². The molecule has 1 amide bonds. The first-order valence-electron chi connectivity index (χ1n) is 9.83. The Balaban J connectivity index is 1.71. The largest absolute Gasteiger partial charge is 0.462 e. The number of halogens is 1. The van der Waals surface area contributed by atoms with Gasteiger partial charge in [0.25, 0.3) is 5.91 Å². The molecular weight excluding hydrogens is 445 g/mol. The Labute approximate surface area is 184 Å². The predicted octanol–water partition coefficient (Wildman–Crippen LogP) is 2.24. The molecule has 2 heterocycles. The number of hydrogen-bond donors (Lipinski definition) is 0. The van der Waals surface area contributed by atoms with Gasteiger partial charge in [-0.25, -0.2) is 17.6 Å². The Hall–Kier alpha value is -2.37. The van der Waals surface area contributed by atoms with Crippen LogP contribution in [0.1, 0.15) is 35.1 Å². The Morgan fingerprint density at radius 1 is 1.23 bits per heavy atom. The molecule has 0 unspecified atom stereocenters. The summed E-state index contributed by atoms with van der Waals surface area (Å²) in [5.74, 6) is -1.71. The second-order valence-electron chi connectivity index (χ2n) is 7.16. The highest BCUT2D eigenvalue weighted by Gasteiger charge is 2.32. The number of rotatable bonds is 5. The summed E-state index contributed by atoms with van der Waals surface area (Å²) < 4.78 is 46.5. The third-order valence-electron chi connectivity index (χ3n) is 5.23. The number of ether oxygens (including phenoxy) is 1. The lowest BCUT2D eigenvalue weighted by atomic mass is 9.98. The van der Waals surface area contributed by atoms with Crippen LogP contribution in [0.15, 0.2) is 34.2 Å². The van der Waals surface area contributed by atoms with E-state index in [-0.39, 0.29) is 30.5 Å². The van der Waals surface area contributed by atoms with Crippen molar-refractivity contribution in [3.05, 3.63) is 45.5 Å². The van der Waals surface area contributed by atoms with Crippen molar-refractivity contribution < 1.29 is 27.1 Å². The molecule has 0 aliphatic carbocycles. The zero-order valence-corrected chi connectivity index (χ0v) is 19.1. The van der Waals surface area contributed by atoms with Crippen LogP contribution < -0.4 is 4.80 Å². The molecule has 1 aromatic heterocycles. The van der Waals surface area contributed by atoms with Crippen molar-refractivity contribution in [3.8, 4) is 0 Å². The average Bonchev–Trinajstić information content (AvgIpc) is 3.03. The van der Waals surface area contributed by atoms with Gasteiger partial charge in [0.1, 0.15) is 10.7 Å². The van der Waals surface area contributed by atoms with Gasteiger partial charge < -0.3 is 9.30 Å². The van der Waals surface area contributed by atoms with E-state index in [4.69, 9.17) is 4.74 Å². The van der Waals surface area contributed by atoms with E-state index in [1.54, 1.807) is 25.5 Å². The van der Waals surface area contributed by atoms with Crippen LogP contribution in [-0.2, 0) is 26.6 Å². The van der Waals surface area contributed by atoms with Crippen molar-refractivity contribution in [1.82, 2.24) is 8.87 Å². The highest BCUT2D eigenvalue weighted by atomic mass is 32.2. The second-order valence-corrected chi connectivity index (χ2v) is 10.1. The normalized spacial score (nSPS) is 16.5. The molecule has 2 aromatic rings. The number of piperidine rings is 1. The van der Waals surface area contributed by atoms with E-state index >= 15 is 0 Å². The molecule has 1 aromatic carbocycles. The molecule has 3 rings (SSSR count). The highest BCUT2D eigenvalue weighted by molar-refractivity contribution is 7.89. The monoisotopic (exact) mass is 469 g/mol. The van der Waals surface area contributed by atoms with E-state index in [1.165, 1.54) is 16.4 Å². The van der Waals surface area contributed by atoms with Crippen molar-refractivity contribution in [1.29, 1.82) is 0 Å². The number of amides is 1. The molecule has 0 saturated carbocycles. The van der Waals surface area contributed by atoms with Crippen LogP contribution in [0.3, 0.4) is 0 Å². The lowest BCUT2D eigenvalue weighted by Gasteiger charge is -2.29. The predicted molar refractivity (Wildman–Crippen MR) is 112 cm³/mol. The minimum Gasteiger partial charge on any atom is -0.462 e. The summed E-state index contributed by atoms with van der Waals surface area (Å²) in [6, 6.07) is 4.68. The summed E-state index contributed by atoms with van der Waals surface area (Å²) in [6.07, 6.45) is 0.670. The van der Waals surface area contributed by atoms with Crippen molar-refractivity contribution >= 4 is 33.2 Å². The molecule has 1 saturated heterocycles. The Morgan fingerprint density at radius 3 is 2.42 bits per heavy atom. The third kappa shape index (κ3) is 4.94. The van der Waals surface area contributed by atoms with Crippen molar-refractivity contribution in [2.45, 2.75) is 31.6 Å². The summed E-state index contributed by atoms with van der Waals surface area (Å²) in [7, 11) is -2.02. The molecule has 8 nitrogen and oxygen atoms in total. The standard InChI is InChI=1S/C20H24FN3O5S2/c1-4-29-19(26)17-13(2)23(3)20(30-17)22-18(25)14-9-11-24(12-10-14)31(27,28)16-7-5-15(21)6-8-16/h5-8,14H,4,9-12H2,1-3H3. The molecule has 0 atom stereocenters. The number of aromatic nitrogens is 1. The van der Waals surface area contributed by atoms with Crippen molar-refractivity contribution in [2.75, 3.05) is 19.7 Å². The van der Waals surface area contributed by atoms with Crippen LogP contribution in [0.5, 0.6) is 0 Å². The van der Waals surface area contributed by atoms with Crippen LogP contribution in [0.25, 0.3) is 0 Å². The summed E-state index contributed by atoms with van der Waals surface area (Å²) in [5, 5.41) is 0. The molecular formula is C20H24FN3O5S2. The maximum atomic E-state index is 13.1. The topological polar surface area (TPSA) is 98.0 Å². The zero-order valence-electron chi connectivity index (χ0n) is 17.5. The quantitative estimate of drug-likeness (QED) is 0.626. The van der Waals surface area contributed by atoms with E-state index in [0.717, 1.165) is 23.5 Å². The fourth-order valence-corrected chi connectivity index (χ4v) is 5.79. The first-order chi connectivity index (χ1) is 14.6. The first-order valence-corrected chi connectivity index (χ1v) is 12.1. The van der Waals surface area contributed by atoms with Gasteiger partial charge in [0, 0.05) is 31.7 Å². The average molecular weight is 470 g/mol. The Kier molecular flexibility index (Phi) is 7.07. The highest BCUT2D eigenvalue weighted by Crippen LogP contribution is 2.25. The molecule has 1 aliphatic heterocycles. The van der Waals surface area contributed by atoms with Gasteiger partial charge in [0.2, 0.25) is 10.0 Å². The van der Waals surface area contributed by atoms with Crippen LogP contribution in [0, 0.1) is 18.7 Å². The third-order valence-corrected chi connectivity index (χ3v) is 8.36. The molecule has 0 radical (unpaired) electrons. The van der Waals surface area contributed by atoms with E-state index in [1.807, 2.05) is 0 Å². The van der Waals surface area contributed by atoms with Crippen LogP contribution in [0.2, 0.25) is 0 Å².